The average Bonchev–Trinajstić information content (AvgIpc) is 2.63. The Morgan fingerprint density at radius 1 is 0.885 bits per heavy atom. The molecule has 0 bridgehead atoms. The van der Waals surface area contributed by atoms with Crippen LogP contribution < -0.4 is 5.56 Å². The van der Waals surface area contributed by atoms with Gasteiger partial charge >= 0.3 is 0 Å². The summed E-state index contributed by atoms with van der Waals surface area (Å²) in [5.74, 6) is 0. The van der Waals surface area contributed by atoms with Gasteiger partial charge in [-0.05, 0) is 59.9 Å². The Bertz CT molecular complexity index is 1140. The Hall–Kier alpha value is -2.84. The standard InChI is InChI=1S/C23H18ClNO/c1-15-3-2-4-18(11-15)20-14-23(26)25-22-10-7-17(13-21(20)22)12-16-5-8-19(24)9-6-16/h2-11,13-14H,12H2,1H3,(H,25,26). The smallest absolute Gasteiger partial charge is 0.249 e. The number of benzene rings is 3. The minimum atomic E-state index is -0.0838. The molecule has 0 fully saturated rings. The molecular formula is C23H18ClNO. The number of aryl methyl sites for hydroxylation is 1. The van der Waals surface area contributed by atoms with Crippen molar-refractivity contribution in [3.05, 3.63) is 105 Å². The van der Waals surface area contributed by atoms with Crippen molar-refractivity contribution in [3.63, 3.8) is 0 Å². The summed E-state index contributed by atoms with van der Waals surface area (Å²) in [7, 11) is 0. The lowest BCUT2D eigenvalue weighted by Gasteiger charge is -2.10. The molecule has 0 saturated carbocycles. The summed E-state index contributed by atoms with van der Waals surface area (Å²) in [6.45, 7) is 2.06. The first-order valence-corrected chi connectivity index (χ1v) is 8.94. The number of nitrogens with one attached hydrogen (secondary N) is 1. The summed E-state index contributed by atoms with van der Waals surface area (Å²) < 4.78 is 0. The van der Waals surface area contributed by atoms with Crippen molar-refractivity contribution in [2.24, 2.45) is 0 Å². The molecule has 3 aromatic carbocycles. The number of H-pyrrole nitrogens is 1. The molecule has 128 valence electrons. The van der Waals surface area contributed by atoms with Crippen LogP contribution in [0.3, 0.4) is 0 Å². The summed E-state index contributed by atoms with van der Waals surface area (Å²) in [6, 6.07) is 24.0. The molecule has 0 amide bonds. The quantitative estimate of drug-likeness (QED) is 0.496. The average molecular weight is 360 g/mol. The predicted molar refractivity (Wildman–Crippen MR) is 109 cm³/mol. The highest BCUT2D eigenvalue weighted by Gasteiger charge is 2.08. The molecule has 0 aliphatic rings. The van der Waals surface area contributed by atoms with Gasteiger partial charge in [0.1, 0.15) is 0 Å². The molecule has 2 nitrogen and oxygen atoms in total. The second kappa shape index (κ2) is 6.81. The van der Waals surface area contributed by atoms with Gasteiger partial charge in [0.15, 0.2) is 0 Å². The van der Waals surface area contributed by atoms with Crippen LogP contribution in [-0.4, -0.2) is 4.98 Å². The van der Waals surface area contributed by atoms with Gasteiger partial charge in [-0.1, -0.05) is 59.6 Å². The minimum Gasteiger partial charge on any atom is -0.322 e. The topological polar surface area (TPSA) is 32.9 Å². The maximum Gasteiger partial charge on any atom is 0.249 e. The molecule has 3 heteroatoms. The van der Waals surface area contributed by atoms with E-state index in [1.165, 1.54) is 16.7 Å². The third-order valence-electron chi connectivity index (χ3n) is 4.56. The van der Waals surface area contributed by atoms with E-state index in [0.29, 0.717) is 0 Å². The summed E-state index contributed by atoms with van der Waals surface area (Å²) in [4.78, 5) is 15.0. The molecule has 1 N–H and O–H groups in total. The highest BCUT2D eigenvalue weighted by Crippen LogP contribution is 2.28. The zero-order valence-electron chi connectivity index (χ0n) is 14.4. The van der Waals surface area contributed by atoms with Crippen molar-refractivity contribution in [1.29, 1.82) is 0 Å². The lowest BCUT2D eigenvalue weighted by molar-refractivity contribution is 1.19. The Morgan fingerprint density at radius 2 is 1.65 bits per heavy atom. The Morgan fingerprint density at radius 3 is 2.42 bits per heavy atom. The first-order valence-electron chi connectivity index (χ1n) is 8.56. The van der Waals surface area contributed by atoms with E-state index in [2.05, 4.69) is 36.2 Å². The van der Waals surface area contributed by atoms with Gasteiger partial charge < -0.3 is 4.98 Å². The van der Waals surface area contributed by atoms with Gasteiger partial charge in [0.2, 0.25) is 5.56 Å². The number of rotatable bonds is 3. The van der Waals surface area contributed by atoms with Gasteiger partial charge in [0.05, 0.1) is 0 Å². The van der Waals surface area contributed by atoms with Crippen LogP contribution in [0.1, 0.15) is 16.7 Å². The van der Waals surface area contributed by atoms with Gasteiger partial charge in [-0.2, -0.15) is 0 Å². The van der Waals surface area contributed by atoms with Crippen LogP contribution in [0.15, 0.2) is 77.6 Å². The van der Waals surface area contributed by atoms with Crippen molar-refractivity contribution in [3.8, 4) is 11.1 Å². The molecule has 0 radical (unpaired) electrons. The van der Waals surface area contributed by atoms with Gasteiger partial charge in [0.25, 0.3) is 0 Å². The molecule has 0 aliphatic heterocycles. The normalized spacial score (nSPS) is 11.0. The summed E-state index contributed by atoms with van der Waals surface area (Å²) in [5, 5.41) is 1.80. The van der Waals surface area contributed by atoms with E-state index < -0.39 is 0 Å². The molecule has 0 unspecified atom stereocenters. The van der Waals surface area contributed by atoms with E-state index in [0.717, 1.165) is 33.5 Å². The van der Waals surface area contributed by atoms with E-state index in [4.69, 9.17) is 11.6 Å². The number of fused-ring (bicyclic) bond motifs is 1. The third kappa shape index (κ3) is 3.42. The monoisotopic (exact) mass is 359 g/mol. The molecule has 0 aliphatic carbocycles. The highest BCUT2D eigenvalue weighted by molar-refractivity contribution is 6.30. The Labute approximate surface area is 157 Å². The zero-order valence-corrected chi connectivity index (χ0v) is 15.2. The van der Waals surface area contributed by atoms with Crippen molar-refractivity contribution in [2.45, 2.75) is 13.3 Å². The molecular weight excluding hydrogens is 342 g/mol. The van der Waals surface area contributed by atoms with Crippen LogP contribution in [0.2, 0.25) is 5.02 Å². The summed E-state index contributed by atoms with van der Waals surface area (Å²) >= 11 is 5.98. The van der Waals surface area contributed by atoms with Crippen LogP contribution in [0.25, 0.3) is 22.0 Å². The first-order chi connectivity index (χ1) is 12.6. The number of hydrogen-bond acceptors (Lipinski definition) is 1. The Kier molecular flexibility index (Phi) is 4.36. The molecule has 4 rings (SSSR count). The highest BCUT2D eigenvalue weighted by atomic mass is 35.5. The van der Waals surface area contributed by atoms with Crippen LogP contribution >= 0.6 is 11.6 Å². The maximum atomic E-state index is 12.1. The number of hydrogen-bond donors (Lipinski definition) is 1. The van der Waals surface area contributed by atoms with Gasteiger partial charge in [0, 0.05) is 22.0 Å². The van der Waals surface area contributed by atoms with Crippen molar-refractivity contribution < 1.29 is 0 Å². The van der Waals surface area contributed by atoms with Crippen LogP contribution in [0.4, 0.5) is 0 Å². The van der Waals surface area contributed by atoms with E-state index in [-0.39, 0.29) is 5.56 Å². The summed E-state index contributed by atoms with van der Waals surface area (Å²) in [5.41, 5.74) is 6.37. The Balaban J connectivity index is 1.83. The number of aromatic nitrogens is 1. The fourth-order valence-corrected chi connectivity index (χ4v) is 3.43. The lowest BCUT2D eigenvalue weighted by Crippen LogP contribution is -2.05. The molecule has 1 heterocycles. The van der Waals surface area contributed by atoms with Gasteiger partial charge in [-0.25, -0.2) is 0 Å². The summed E-state index contributed by atoms with van der Waals surface area (Å²) in [6.07, 6.45) is 0.819. The molecule has 0 atom stereocenters. The maximum absolute atomic E-state index is 12.1. The van der Waals surface area contributed by atoms with Crippen molar-refractivity contribution in [2.75, 3.05) is 0 Å². The van der Waals surface area contributed by atoms with Gasteiger partial charge in [-0.3, -0.25) is 4.79 Å². The minimum absolute atomic E-state index is 0.0838. The van der Waals surface area contributed by atoms with E-state index in [1.54, 1.807) is 6.07 Å². The number of aromatic amines is 1. The first kappa shape index (κ1) is 16.6. The molecule has 0 spiro atoms. The van der Waals surface area contributed by atoms with Crippen molar-refractivity contribution in [1.82, 2.24) is 4.98 Å². The van der Waals surface area contributed by atoms with Gasteiger partial charge in [-0.15, -0.1) is 0 Å². The molecule has 26 heavy (non-hydrogen) atoms. The van der Waals surface area contributed by atoms with E-state index >= 15 is 0 Å². The molecule has 0 saturated heterocycles. The van der Waals surface area contributed by atoms with E-state index in [9.17, 15) is 4.79 Å². The second-order valence-electron chi connectivity index (χ2n) is 6.60. The fraction of sp³-hybridized carbons (Fsp3) is 0.0870. The van der Waals surface area contributed by atoms with Crippen molar-refractivity contribution >= 4 is 22.5 Å². The van der Waals surface area contributed by atoms with Crippen LogP contribution in [0, 0.1) is 6.92 Å². The predicted octanol–water partition coefficient (Wildman–Crippen LogP) is 5.75. The van der Waals surface area contributed by atoms with E-state index in [1.807, 2.05) is 42.5 Å². The van der Waals surface area contributed by atoms with Crippen LogP contribution in [0.5, 0.6) is 0 Å². The largest absolute Gasteiger partial charge is 0.322 e. The third-order valence-corrected chi connectivity index (χ3v) is 4.81. The molecule has 4 aromatic rings. The SMILES string of the molecule is Cc1cccc(-c2cc(=O)[nH]c3ccc(Cc4ccc(Cl)cc4)cc23)c1. The number of pyridine rings is 1. The second-order valence-corrected chi connectivity index (χ2v) is 7.04. The zero-order chi connectivity index (χ0) is 18.1. The lowest BCUT2D eigenvalue weighted by atomic mass is 9.97. The number of halogens is 1. The fourth-order valence-electron chi connectivity index (χ4n) is 3.30. The van der Waals surface area contributed by atoms with Crippen LogP contribution in [-0.2, 0) is 6.42 Å². The molecule has 1 aromatic heterocycles.